The van der Waals surface area contributed by atoms with E-state index in [1.165, 1.54) is 19.1 Å². The zero-order chi connectivity index (χ0) is 28.7. The average molecular weight is 537 g/mol. The van der Waals surface area contributed by atoms with Crippen LogP contribution >= 0.6 is 0 Å². The molecule has 0 saturated heterocycles. The molecule has 3 aromatic rings. The molecule has 0 aliphatic carbocycles. The predicted molar refractivity (Wildman–Crippen MR) is 148 cm³/mol. The standard InChI is InChI=1S/C29H36N4O6/c1-18-11-13-20(14-12-18)33(25(35)16-15-24(34)30-23-17-19(2)39-32-23)26(28(36)31-29(3,4)5)21-9-8-10-22(37-6)27(21)38-7/h8-14,17,26H,15-16H2,1-7H3,(H,31,36)(H,30,32,34). The molecule has 3 rings (SSSR count). The predicted octanol–water partition coefficient (Wildman–Crippen LogP) is 4.72. The molecule has 1 heterocycles. The van der Waals surface area contributed by atoms with Crippen LogP contribution in [0.3, 0.4) is 0 Å². The molecule has 0 bridgehead atoms. The van der Waals surface area contributed by atoms with Gasteiger partial charge in [0.15, 0.2) is 17.3 Å². The number of carbonyl (C=O) groups is 3. The van der Waals surface area contributed by atoms with Crippen molar-refractivity contribution in [3.05, 3.63) is 65.4 Å². The third-order valence-corrected chi connectivity index (χ3v) is 5.77. The van der Waals surface area contributed by atoms with Crippen LogP contribution in [0.4, 0.5) is 11.5 Å². The molecule has 2 N–H and O–H groups in total. The molecule has 1 aromatic heterocycles. The van der Waals surface area contributed by atoms with Crippen LogP contribution in [0.15, 0.2) is 53.1 Å². The maximum atomic E-state index is 13.9. The molecule has 0 radical (unpaired) electrons. The quantitative estimate of drug-likeness (QED) is 0.384. The smallest absolute Gasteiger partial charge is 0.248 e. The topological polar surface area (TPSA) is 123 Å². The van der Waals surface area contributed by atoms with Gasteiger partial charge in [-0.25, -0.2) is 0 Å². The molecule has 10 nitrogen and oxygen atoms in total. The number of para-hydroxylation sites is 1. The summed E-state index contributed by atoms with van der Waals surface area (Å²) in [6, 6.07) is 12.9. The van der Waals surface area contributed by atoms with Gasteiger partial charge >= 0.3 is 0 Å². The van der Waals surface area contributed by atoms with Crippen LogP contribution in [-0.4, -0.2) is 42.6 Å². The molecule has 0 spiro atoms. The summed E-state index contributed by atoms with van der Waals surface area (Å²) in [5, 5.41) is 9.37. The van der Waals surface area contributed by atoms with Crippen molar-refractivity contribution in [2.24, 2.45) is 0 Å². The van der Waals surface area contributed by atoms with E-state index in [9.17, 15) is 14.4 Å². The average Bonchev–Trinajstić information content (AvgIpc) is 3.29. The van der Waals surface area contributed by atoms with Crippen molar-refractivity contribution in [3.8, 4) is 11.5 Å². The minimum Gasteiger partial charge on any atom is -0.493 e. The highest BCUT2D eigenvalue weighted by molar-refractivity contribution is 6.03. The molecule has 0 saturated carbocycles. The first-order chi connectivity index (χ1) is 18.4. The maximum Gasteiger partial charge on any atom is 0.248 e. The second-order valence-electron chi connectivity index (χ2n) is 10.2. The molecule has 0 aliphatic rings. The third-order valence-electron chi connectivity index (χ3n) is 5.77. The fourth-order valence-electron chi connectivity index (χ4n) is 4.08. The summed E-state index contributed by atoms with van der Waals surface area (Å²) in [6.45, 7) is 9.22. The summed E-state index contributed by atoms with van der Waals surface area (Å²) in [4.78, 5) is 41.8. The number of carbonyl (C=O) groups excluding carboxylic acids is 3. The van der Waals surface area contributed by atoms with Crippen LogP contribution in [0, 0.1) is 13.8 Å². The fourth-order valence-corrected chi connectivity index (χ4v) is 4.08. The van der Waals surface area contributed by atoms with Gasteiger partial charge in [0.05, 0.1) is 14.2 Å². The van der Waals surface area contributed by atoms with Crippen molar-refractivity contribution in [2.75, 3.05) is 24.4 Å². The molecular weight excluding hydrogens is 500 g/mol. The van der Waals surface area contributed by atoms with Crippen molar-refractivity contribution in [3.63, 3.8) is 0 Å². The Morgan fingerprint density at radius 2 is 1.69 bits per heavy atom. The molecule has 39 heavy (non-hydrogen) atoms. The normalized spacial score (nSPS) is 11.9. The zero-order valence-electron chi connectivity index (χ0n) is 23.5. The van der Waals surface area contributed by atoms with Gasteiger partial charge in [-0.05, 0) is 52.8 Å². The number of ether oxygens (including phenoxy) is 2. The van der Waals surface area contributed by atoms with Gasteiger partial charge in [0.1, 0.15) is 11.8 Å². The van der Waals surface area contributed by atoms with E-state index >= 15 is 0 Å². The van der Waals surface area contributed by atoms with Crippen LogP contribution in [-0.2, 0) is 14.4 Å². The fraction of sp³-hybridized carbons (Fsp3) is 0.379. The molecule has 1 atom stereocenters. The Hall–Kier alpha value is -4.34. The summed E-state index contributed by atoms with van der Waals surface area (Å²) in [5.74, 6) is 0.320. The first kappa shape index (κ1) is 29.2. The zero-order valence-corrected chi connectivity index (χ0v) is 23.5. The Labute approximate surface area is 228 Å². The van der Waals surface area contributed by atoms with Gasteiger partial charge in [-0.2, -0.15) is 0 Å². The van der Waals surface area contributed by atoms with E-state index in [1.807, 2.05) is 39.8 Å². The van der Waals surface area contributed by atoms with Crippen molar-refractivity contribution < 1.29 is 28.4 Å². The lowest BCUT2D eigenvalue weighted by Crippen LogP contribution is -2.49. The third kappa shape index (κ3) is 7.59. The molecule has 10 heteroatoms. The Morgan fingerprint density at radius 3 is 2.26 bits per heavy atom. The van der Waals surface area contributed by atoms with E-state index in [1.54, 1.807) is 43.3 Å². The number of methoxy groups -OCH3 is 2. The lowest BCUT2D eigenvalue weighted by molar-refractivity contribution is -0.128. The number of hydrogen-bond acceptors (Lipinski definition) is 7. The molecule has 208 valence electrons. The Morgan fingerprint density at radius 1 is 1.00 bits per heavy atom. The SMILES string of the molecule is COc1cccc(C(C(=O)NC(C)(C)C)N(C(=O)CCC(=O)Nc2cc(C)on2)c2ccc(C)cc2)c1OC. The van der Waals surface area contributed by atoms with Gasteiger partial charge in [-0.1, -0.05) is 35.0 Å². The van der Waals surface area contributed by atoms with Crippen LogP contribution in [0.25, 0.3) is 0 Å². The summed E-state index contributed by atoms with van der Waals surface area (Å²) in [7, 11) is 2.98. The number of aromatic nitrogens is 1. The first-order valence-corrected chi connectivity index (χ1v) is 12.6. The number of nitrogens with zero attached hydrogens (tertiary/aromatic N) is 2. The Balaban J connectivity index is 2.05. The van der Waals surface area contributed by atoms with Gasteiger partial charge in [-0.15, -0.1) is 0 Å². The van der Waals surface area contributed by atoms with Gasteiger partial charge in [0, 0.05) is 35.7 Å². The highest BCUT2D eigenvalue weighted by Gasteiger charge is 2.37. The van der Waals surface area contributed by atoms with E-state index in [0.29, 0.717) is 28.5 Å². The van der Waals surface area contributed by atoms with Gasteiger partial charge in [-0.3, -0.25) is 19.3 Å². The minimum atomic E-state index is -1.12. The Bertz CT molecular complexity index is 1310. The second kappa shape index (κ2) is 12.5. The van der Waals surface area contributed by atoms with Crippen molar-refractivity contribution in [1.82, 2.24) is 10.5 Å². The molecule has 0 aliphatic heterocycles. The number of hydrogen-bond donors (Lipinski definition) is 2. The van der Waals surface area contributed by atoms with Crippen molar-refractivity contribution >= 4 is 29.2 Å². The molecule has 1 unspecified atom stereocenters. The highest BCUT2D eigenvalue weighted by Crippen LogP contribution is 2.39. The lowest BCUT2D eigenvalue weighted by Gasteiger charge is -2.34. The summed E-state index contributed by atoms with van der Waals surface area (Å²) in [5.41, 5.74) is 1.34. The van der Waals surface area contributed by atoms with E-state index in [-0.39, 0.29) is 18.7 Å². The number of aryl methyl sites for hydroxylation is 2. The van der Waals surface area contributed by atoms with Gasteiger partial charge < -0.3 is 24.6 Å². The monoisotopic (exact) mass is 536 g/mol. The van der Waals surface area contributed by atoms with Crippen molar-refractivity contribution in [1.29, 1.82) is 0 Å². The summed E-state index contributed by atoms with van der Waals surface area (Å²) >= 11 is 0. The summed E-state index contributed by atoms with van der Waals surface area (Å²) < 4.78 is 16.1. The van der Waals surface area contributed by atoms with E-state index in [0.717, 1.165) is 5.56 Å². The van der Waals surface area contributed by atoms with Gasteiger partial charge in [0.2, 0.25) is 17.7 Å². The van der Waals surface area contributed by atoms with Crippen LogP contribution in [0.1, 0.15) is 56.5 Å². The van der Waals surface area contributed by atoms with Crippen LogP contribution in [0.5, 0.6) is 11.5 Å². The first-order valence-electron chi connectivity index (χ1n) is 12.6. The van der Waals surface area contributed by atoms with Crippen LogP contribution < -0.4 is 25.0 Å². The molecule has 3 amide bonds. The van der Waals surface area contributed by atoms with E-state index in [2.05, 4.69) is 15.8 Å². The van der Waals surface area contributed by atoms with E-state index in [4.69, 9.17) is 14.0 Å². The van der Waals surface area contributed by atoms with Crippen molar-refractivity contribution in [2.45, 2.75) is 59.0 Å². The highest BCUT2D eigenvalue weighted by atomic mass is 16.5. The van der Waals surface area contributed by atoms with E-state index < -0.39 is 29.3 Å². The van der Waals surface area contributed by atoms with Gasteiger partial charge in [0.25, 0.3) is 0 Å². The van der Waals surface area contributed by atoms with Crippen LogP contribution in [0.2, 0.25) is 0 Å². The number of anilines is 2. The molecule has 0 fully saturated rings. The molecule has 2 aromatic carbocycles. The number of rotatable bonds is 10. The Kier molecular flexibility index (Phi) is 9.34. The second-order valence-corrected chi connectivity index (χ2v) is 10.2. The largest absolute Gasteiger partial charge is 0.493 e. The number of benzene rings is 2. The lowest BCUT2D eigenvalue weighted by atomic mass is 9.98. The molecular formula is C29H36N4O6. The maximum absolute atomic E-state index is 13.9. The minimum absolute atomic E-state index is 0.129. The number of amides is 3. The summed E-state index contributed by atoms with van der Waals surface area (Å²) in [6.07, 6.45) is -0.294. The number of nitrogens with one attached hydrogen (secondary N) is 2.